The molecule has 0 spiro atoms. The van der Waals surface area contributed by atoms with Crippen molar-refractivity contribution in [3.63, 3.8) is 0 Å². The van der Waals surface area contributed by atoms with Gasteiger partial charge in [-0.2, -0.15) is 10.2 Å². The van der Waals surface area contributed by atoms with Crippen molar-refractivity contribution in [3.05, 3.63) is 47.3 Å². The summed E-state index contributed by atoms with van der Waals surface area (Å²) in [6.45, 7) is 4.05. The van der Waals surface area contributed by atoms with E-state index in [2.05, 4.69) is 10.2 Å². The van der Waals surface area contributed by atoms with E-state index in [-0.39, 0.29) is 12.0 Å². The van der Waals surface area contributed by atoms with Crippen molar-refractivity contribution in [3.8, 4) is 11.5 Å². The van der Waals surface area contributed by atoms with Crippen LogP contribution < -0.4 is 9.47 Å². The normalized spacial score (nSPS) is 11.3. The second kappa shape index (κ2) is 7.42. The van der Waals surface area contributed by atoms with Gasteiger partial charge in [0.15, 0.2) is 0 Å². The van der Waals surface area contributed by atoms with Gasteiger partial charge < -0.3 is 14.6 Å². The van der Waals surface area contributed by atoms with E-state index >= 15 is 0 Å². The minimum atomic E-state index is -0.317. The standard InChI is InChI=1S/C18H24N2O3/c1-18(2,12-21)14-9-15(20-19-11-14)7-5-13-6-8-16(22-3)10-17(13)23-4/h6,8-11,21H,5,7,12H2,1-4H3. The summed E-state index contributed by atoms with van der Waals surface area (Å²) in [6, 6.07) is 7.83. The number of rotatable bonds is 7. The highest BCUT2D eigenvalue weighted by Crippen LogP contribution is 2.26. The van der Waals surface area contributed by atoms with Crippen LogP contribution in [0, 0.1) is 0 Å². The molecule has 23 heavy (non-hydrogen) atoms. The number of benzene rings is 1. The van der Waals surface area contributed by atoms with Crippen LogP contribution in [0.5, 0.6) is 11.5 Å². The number of aliphatic hydroxyl groups is 1. The molecule has 5 nitrogen and oxygen atoms in total. The van der Waals surface area contributed by atoms with Crippen LogP contribution in [-0.2, 0) is 18.3 Å². The van der Waals surface area contributed by atoms with E-state index in [4.69, 9.17) is 9.47 Å². The molecule has 0 bridgehead atoms. The molecule has 124 valence electrons. The molecule has 0 saturated carbocycles. The van der Waals surface area contributed by atoms with Crippen molar-refractivity contribution in [2.75, 3.05) is 20.8 Å². The fourth-order valence-corrected chi connectivity index (χ4v) is 2.32. The monoisotopic (exact) mass is 316 g/mol. The summed E-state index contributed by atoms with van der Waals surface area (Å²) in [5, 5.41) is 17.8. The number of aromatic nitrogens is 2. The third-order valence-corrected chi connectivity index (χ3v) is 4.03. The number of ether oxygens (including phenoxy) is 2. The number of hydrogen-bond donors (Lipinski definition) is 1. The largest absolute Gasteiger partial charge is 0.497 e. The van der Waals surface area contributed by atoms with Gasteiger partial charge in [-0.3, -0.25) is 0 Å². The molecule has 5 heteroatoms. The zero-order valence-electron chi connectivity index (χ0n) is 14.2. The Kier molecular flexibility index (Phi) is 5.55. The van der Waals surface area contributed by atoms with Crippen LogP contribution in [0.15, 0.2) is 30.5 Å². The lowest BCUT2D eigenvalue weighted by Crippen LogP contribution is -2.22. The average molecular weight is 316 g/mol. The van der Waals surface area contributed by atoms with Crippen LogP contribution in [-0.4, -0.2) is 36.1 Å². The van der Waals surface area contributed by atoms with E-state index in [9.17, 15) is 5.11 Å². The van der Waals surface area contributed by atoms with Gasteiger partial charge >= 0.3 is 0 Å². The van der Waals surface area contributed by atoms with Gasteiger partial charge in [0.1, 0.15) is 11.5 Å². The van der Waals surface area contributed by atoms with Crippen molar-refractivity contribution >= 4 is 0 Å². The fraction of sp³-hybridized carbons (Fsp3) is 0.444. The zero-order chi connectivity index (χ0) is 16.9. The van der Waals surface area contributed by atoms with E-state index in [1.807, 2.05) is 38.1 Å². The Morgan fingerprint density at radius 1 is 1.09 bits per heavy atom. The van der Waals surface area contributed by atoms with Crippen LogP contribution in [0.1, 0.15) is 30.7 Å². The highest BCUT2D eigenvalue weighted by Gasteiger charge is 2.20. The van der Waals surface area contributed by atoms with Crippen molar-refractivity contribution in [1.29, 1.82) is 0 Å². The van der Waals surface area contributed by atoms with E-state index < -0.39 is 0 Å². The number of methoxy groups -OCH3 is 2. The van der Waals surface area contributed by atoms with Crippen molar-refractivity contribution in [1.82, 2.24) is 10.2 Å². The lowest BCUT2D eigenvalue weighted by molar-refractivity contribution is 0.218. The van der Waals surface area contributed by atoms with Crippen LogP contribution in [0.4, 0.5) is 0 Å². The summed E-state index contributed by atoms with van der Waals surface area (Å²) in [4.78, 5) is 0. The molecule has 0 radical (unpaired) electrons. The summed E-state index contributed by atoms with van der Waals surface area (Å²) in [7, 11) is 3.29. The molecule has 2 rings (SSSR count). The van der Waals surface area contributed by atoms with Crippen LogP contribution in [0.3, 0.4) is 0 Å². The van der Waals surface area contributed by atoms with Crippen molar-refractivity contribution in [2.24, 2.45) is 0 Å². The molecular formula is C18H24N2O3. The summed E-state index contributed by atoms with van der Waals surface area (Å²) >= 11 is 0. The molecule has 0 unspecified atom stereocenters. The van der Waals surface area contributed by atoms with Gasteiger partial charge in [-0.1, -0.05) is 19.9 Å². The first-order valence-electron chi connectivity index (χ1n) is 7.64. The minimum absolute atomic E-state index is 0.0738. The average Bonchev–Trinajstić information content (AvgIpc) is 2.60. The van der Waals surface area contributed by atoms with Gasteiger partial charge in [-0.05, 0) is 36.1 Å². The van der Waals surface area contributed by atoms with Crippen molar-refractivity contribution in [2.45, 2.75) is 32.1 Å². The molecule has 1 aromatic carbocycles. The predicted molar refractivity (Wildman–Crippen MR) is 89.1 cm³/mol. The minimum Gasteiger partial charge on any atom is -0.497 e. The lowest BCUT2D eigenvalue weighted by atomic mass is 9.86. The molecular weight excluding hydrogens is 292 g/mol. The number of hydrogen-bond acceptors (Lipinski definition) is 5. The summed E-state index contributed by atoms with van der Waals surface area (Å²) in [5.74, 6) is 1.58. The van der Waals surface area contributed by atoms with Crippen LogP contribution in [0.2, 0.25) is 0 Å². The first-order valence-corrected chi connectivity index (χ1v) is 7.64. The lowest BCUT2D eigenvalue weighted by Gasteiger charge is -2.21. The SMILES string of the molecule is COc1ccc(CCc2cc(C(C)(C)CO)cnn2)c(OC)c1. The van der Waals surface area contributed by atoms with Crippen molar-refractivity contribution < 1.29 is 14.6 Å². The first kappa shape index (κ1) is 17.2. The number of nitrogens with zero attached hydrogens (tertiary/aromatic N) is 2. The van der Waals surface area contributed by atoms with Gasteiger partial charge in [0.2, 0.25) is 0 Å². The number of aliphatic hydroxyl groups excluding tert-OH is 1. The molecule has 0 amide bonds. The van der Waals surface area contributed by atoms with Gasteiger partial charge in [-0.25, -0.2) is 0 Å². The Bertz CT molecular complexity index is 656. The highest BCUT2D eigenvalue weighted by molar-refractivity contribution is 5.41. The molecule has 0 aliphatic rings. The van der Waals surface area contributed by atoms with E-state index in [0.29, 0.717) is 0 Å². The Hall–Kier alpha value is -2.14. The molecule has 1 aromatic heterocycles. The van der Waals surface area contributed by atoms with Crippen LogP contribution in [0.25, 0.3) is 0 Å². The maximum Gasteiger partial charge on any atom is 0.125 e. The van der Waals surface area contributed by atoms with Gasteiger partial charge in [0.05, 0.1) is 32.7 Å². The third kappa shape index (κ3) is 4.20. The molecule has 2 aromatic rings. The quantitative estimate of drug-likeness (QED) is 0.850. The van der Waals surface area contributed by atoms with Gasteiger partial charge in [-0.15, -0.1) is 0 Å². The third-order valence-electron chi connectivity index (χ3n) is 4.03. The smallest absolute Gasteiger partial charge is 0.125 e. The molecule has 1 N–H and O–H groups in total. The van der Waals surface area contributed by atoms with E-state index in [1.54, 1.807) is 20.4 Å². The Morgan fingerprint density at radius 3 is 2.52 bits per heavy atom. The second-order valence-electron chi connectivity index (χ2n) is 6.16. The fourth-order valence-electron chi connectivity index (χ4n) is 2.32. The zero-order valence-corrected chi connectivity index (χ0v) is 14.2. The first-order chi connectivity index (χ1) is 11.0. The topological polar surface area (TPSA) is 64.5 Å². The summed E-state index contributed by atoms with van der Waals surface area (Å²) in [6.07, 6.45) is 3.27. The van der Waals surface area contributed by atoms with Gasteiger partial charge in [0.25, 0.3) is 0 Å². The van der Waals surface area contributed by atoms with Crippen LogP contribution >= 0.6 is 0 Å². The van der Waals surface area contributed by atoms with Gasteiger partial charge in [0, 0.05) is 11.5 Å². The molecule has 0 saturated heterocycles. The summed E-state index contributed by atoms with van der Waals surface area (Å²) < 4.78 is 10.6. The number of aryl methyl sites for hydroxylation is 2. The maximum atomic E-state index is 9.49. The highest BCUT2D eigenvalue weighted by atomic mass is 16.5. The molecule has 0 aliphatic heterocycles. The maximum absolute atomic E-state index is 9.49. The van der Waals surface area contributed by atoms with E-state index in [0.717, 1.165) is 41.2 Å². The molecule has 1 heterocycles. The Morgan fingerprint density at radius 2 is 1.87 bits per heavy atom. The van der Waals surface area contributed by atoms with E-state index in [1.165, 1.54) is 0 Å². The Balaban J connectivity index is 2.14. The second-order valence-corrected chi connectivity index (χ2v) is 6.16. The molecule has 0 atom stereocenters. The molecule has 0 aliphatic carbocycles. The summed E-state index contributed by atoms with van der Waals surface area (Å²) in [5.41, 5.74) is 2.68. The predicted octanol–water partition coefficient (Wildman–Crippen LogP) is 2.55. The molecule has 0 fully saturated rings. The Labute approximate surface area is 137 Å².